The number of benzene rings is 1. The average Bonchev–Trinajstić information content (AvgIpc) is 3.44. The molecular weight excluding hydrogens is 442 g/mol. The highest BCUT2D eigenvalue weighted by Gasteiger charge is 2.54. The molecule has 1 aromatic carbocycles. The van der Waals surface area contributed by atoms with Gasteiger partial charge in [-0.2, -0.15) is 0 Å². The zero-order chi connectivity index (χ0) is 23.5. The highest BCUT2D eigenvalue weighted by atomic mass is 19.3. The van der Waals surface area contributed by atoms with Gasteiger partial charge in [0.15, 0.2) is 11.5 Å². The molecule has 3 aliphatic heterocycles. The number of ether oxygens (including phenoxy) is 4. The Bertz CT molecular complexity index is 1160. The van der Waals surface area contributed by atoms with E-state index in [4.69, 9.17) is 9.47 Å². The van der Waals surface area contributed by atoms with E-state index in [0.717, 1.165) is 0 Å². The Kier molecular flexibility index (Phi) is 4.62. The summed E-state index contributed by atoms with van der Waals surface area (Å²) < 4.78 is 47.1. The lowest BCUT2D eigenvalue weighted by atomic mass is 9.82. The van der Waals surface area contributed by atoms with Gasteiger partial charge in [-0.3, -0.25) is 4.79 Å². The summed E-state index contributed by atoms with van der Waals surface area (Å²) >= 11 is 0. The minimum absolute atomic E-state index is 0.0970. The molecule has 1 fully saturated rings. The van der Waals surface area contributed by atoms with Crippen LogP contribution in [0.15, 0.2) is 30.5 Å². The number of hydrogen-bond acceptors (Lipinski definition) is 7. The predicted octanol–water partition coefficient (Wildman–Crippen LogP) is 2.88. The zero-order valence-electron chi connectivity index (χ0n) is 17.7. The number of hydrogen-bond donors (Lipinski definition) is 1. The number of pyridine rings is 1. The van der Waals surface area contributed by atoms with E-state index in [1.165, 1.54) is 24.1 Å². The Labute approximate surface area is 186 Å². The average molecular weight is 462 g/mol. The molecule has 0 aliphatic carbocycles. The Balaban J connectivity index is 1.56. The number of carbonyl (C=O) groups excluding carboxylic acids is 1. The number of carboxylic acid groups (broad SMARTS) is 1. The number of likely N-dealkylation sites (tertiary alicyclic amines) is 1. The molecule has 4 heterocycles. The molecule has 0 saturated carbocycles. The van der Waals surface area contributed by atoms with Gasteiger partial charge in [-0.05, 0) is 31.9 Å². The lowest BCUT2D eigenvalue weighted by molar-refractivity contribution is -0.286. The third-order valence-electron chi connectivity index (χ3n) is 6.34. The number of aromatic nitrogens is 1. The topological polar surface area (TPSA) is 107 Å². The van der Waals surface area contributed by atoms with Crippen molar-refractivity contribution in [3.05, 3.63) is 41.6 Å². The quantitative estimate of drug-likeness (QED) is 0.739. The summed E-state index contributed by atoms with van der Waals surface area (Å²) in [6.45, 7) is 1.50. The molecule has 174 valence electrons. The number of fused-ring (bicyclic) bond motifs is 2. The summed E-state index contributed by atoms with van der Waals surface area (Å²) in [5.74, 6) is -1.56. The van der Waals surface area contributed by atoms with Crippen molar-refractivity contribution in [1.29, 1.82) is 0 Å². The number of halogens is 2. The van der Waals surface area contributed by atoms with Crippen molar-refractivity contribution in [2.45, 2.75) is 43.6 Å². The van der Waals surface area contributed by atoms with Gasteiger partial charge in [-0.1, -0.05) is 6.07 Å². The van der Waals surface area contributed by atoms with Crippen LogP contribution in [-0.4, -0.2) is 52.9 Å². The Hall–Kier alpha value is -3.63. The summed E-state index contributed by atoms with van der Waals surface area (Å²) in [5, 5.41) is 9.84. The van der Waals surface area contributed by atoms with Crippen molar-refractivity contribution < 1.29 is 42.4 Å². The van der Waals surface area contributed by atoms with Crippen LogP contribution in [0.4, 0.5) is 8.78 Å². The number of nitrogens with zero attached hydrogens (tertiary/aromatic N) is 2. The van der Waals surface area contributed by atoms with Gasteiger partial charge in [0, 0.05) is 23.4 Å². The summed E-state index contributed by atoms with van der Waals surface area (Å²) in [6.07, 6.45) is -1.65. The lowest BCUT2D eigenvalue weighted by Gasteiger charge is -2.35. The highest BCUT2D eigenvalue weighted by Crippen LogP contribution is 2.51. The summed E-state index contributed by atoms with van der Waals surface area (Å²) in [7, 11) is 1.45. The highest BCUT2D eigenvalue weighted by molar-refractivity contribution is 5.94. The van der Waals surface area contributed by atoms with E-state index in [1.54, 1.807) is 25.3 Å². The molecule has 0 radical (unpaired) electrons. The molecule has 11 heteroatoms. The molecule has 3 atom stereocenters. The summed E-state index contributed by atoms with van der Waals surface area (Å²) in [6, 6.07) is 4.30. The standard InChI is InChI=1S/C22H20F2N2O7/c1-21(10-31-15-9-17-16(8-12(15)21)32-22(23,24)33-17)20(29)26-13(5-6-14(26)19(27)28)11-4-3-7-25-18(11)30-2/h3-4,7-9,13-14H,5-6,10H2,1-2H3,(H,27,28)/t13?,14?,21-/m1/s1. The molecule has 3 aliphatic rings. The molecule has 0 spiro atoms. The SMILES string of the molecule is COc1ncccc1C1CCC(C(=O)O)N1C(=O)[C@]1(C)COc2cc3c(cc21)OC(F)(F)O3. The van der Waals surface area contributed by atoms with E-state index in [1.807, 2.05) is 0 Å². The molecule has 1 saturated heterocycles. The Morgan fingerprint density at radius 1 is 1.21 bits per heavy atom. The van der Waals surface area contributed by atoms with Gasteiger partial charge in [0.2, 0.25) is 11.8 Å². The fraction of sp³-hybridized carbons (Fsp3) is 0.409. The number of amides is 1. The van der Waals surface area contributed by atoms with Crippen LogP contribution in [0.1, 0.15) is 36.9 Å². The van der Waals surface area contributed by atoms with E-state index in [-0.39, 0.29) is 30.3 Å². The number of alkyl halides is 2. The first-order valence-electron chi connectivity index (χ1n) is 10.3. The van der Waals surface area contributed by atoms with Crippen LogP contribution in [-0.2, 0) is 15.0 Å². The number of carboxylic acids is 1. The third kappa shape index (κ3) is 3.21. The van der Waals surface area contributed by atoms with Gasteiger partial charge in [0.25, 0.3) is 0 Å². The van der Waals surface area contributed by atoms with Crippen molar-refractivity contribution >= 4 is 11.9 Å². The van der Waals surface area contributed by atoms with Crippen LogP contribution >= 0.6 is 0 Å². The molecule has 9 nitrogen and oxygen atoms in total. The van der Waals surface area contributed by atoms with E-state index >= 15 is 0 Å². The lowest BCUT2D eigenvalue weighted by Crippen LogP contribution is -2.51. The van der Waals surface area contributed by atoms with Crippen molar-refractivity contribution in [3.63, 3.8) is 0 Å². The monoisotopic (exact) mass is 462 g/mol. The van der Waals surface area contributed by atoms with Crippen molar-refractivity contribution in [3.8, 4) is 23.1 Å². The molecule has 1 aromatic heterocycles. The number of methoxy groups -OCH3 is 1. The summed E-state index contributed by atoms with van der Waals surface area (Å²) in [4.78, 5) is 31.5. The van der Waals surface area contributed by atoms with E-state index < -0.39 is 35.7 Å². The van der Waals surface area contributed by atoms with Crippen LogP contribution in [0, 0.1) is 0 Å². The fourth-order valence-corrected chi connectivity index (χ4v) is 4.76. The van der Waals surface area contributed by atoms with Gasteiger partial charge in [0.05, 0.1) is 13.2 Å². The zero-order valence-corrected chi connectivity index (χ0v) is 17.7. The second-order valence-corrected chi connectivity index (χ2v) is 8.34. The minimum Gasteiger partial charge on any atom is -0.492 e. The Morgan fingerprint density at radius 3 is 2.64 bits per heavy atom. The number of aliphatic carboxylic acids is 1. The first kappa shape index (κ1) is 21.2. The molecule has 2 aromatic rings. The summed E-state index contributed by atoms with van der Waals surface area (Å²) in [5.41, 5.74) is -0.428. The van der Waals surface area contributed by atoms with Crippen LogP contribution in [0.3, 0.4) is 0 Å². The van der Waals surface area contributed by atoms with Gasteiger partial charge >= 0.3 is 12.3 Å². The second-order valence-electron chi connectivity index (χ2n) is 8.34. The van der Waals surface area contributed by atoms with Crippen LogP contribution in [0.2, 0.25) is 0 Å². The van der Waals surface area contributed by atoms with Gasteiger partial charge < -0.3 is 29.0 Å². The maximum Gasteiger partial charge on any atom is 0.586 e. The maximum absolute atomic E-state index is 14.0. The molecule has 5 rings (SSSR count). The molecule has 33 heavy (non-hydrogen) atoms. The molecule has 0 bridgehead atoms. The third-order valence-corrected chi connectivity index (χ3v) is 6.34. The van der Waals surface area contributed by atoms with E-state index in [2.05, 4.69) is 14.5 Å². The van der Waals surface area contributed by atoms with Crippen LogP contribution in [0.25, 0.3) is 0 Å². The molecule has 2 unspecified atom stereocenters. The largest absolute Gasteiger partial charge is 0.586 e. The number of carbonyl (C=O) groups is 2. The second kappa shape index (κ2) is 7.19. The maximum atomic E-state index is 14.0. The minimum atomic E-state index is -3.82. The van der Waals surface area contributed by atoms with E-state index in [9.17, 15) is 23.5 Å². The van der Waals surface area contributed by atoms with Crippen molar-refractivity contribution in [2.75, 3.05) is 13.7 Å². The first-order chi connectivity index (χ1) is 15.6. The fourth-order valence-electron chi connectivity index (χ4n) is 4.76. The van der Waals surface area contributed by atoms with Crippen LogP contribution in [0.5, 0.6) is 23.1 Å². The van der Waals surface area contributed by atoms with Crippen molar-refractivity contribution in [2.24, 2.45) is 0 Å². The number of rotatable bonds is 4. The Morgan fingerprint density at radius 2 is 1.94 bits per heavy atom. The molecule has 1 amide bonds. The van der Waals surface area contributed by atoms with Gasteiger partial charge in [0.1, 0.15) is 23.8 Å². The van der Waals surface area contributed by atoms with Gasteiger partial charge in [-0.15, -0.1) is 8.78 Å². The first-order valence-corrected chi connectivity index (χ1v) is 10.3. The van der Waals surface area contributed by atoms with Crippen LogP contribution < -0.4 is 18.9 Å². The van der Waals surface area contributed by atoms with E-state index in [0.29, 0.717) is 23.4 Å². The van der Waals surface area contributed by atoms with Crippen molar-refractivity contribution in [1.82, 2.24) is 9.88 Å². The normalized spacial score (nSPS) is 26.6. The smallest absolute Gasteiger partial charge is 0.492 e. The molecular formula is C22H20F2N2O7. The van der Waals surface area contributed by atoms with Gasteiger partial charge in [-0.25, -0.2) is 9.78 Å². The molecule has 1 N–H and O–H groups in total. The predicted molar refractivity (Wildman–Crippen MR) is 107 cm³/mol.